The highest BCUT2D eigenvalue weighted by atomic mass is 16.6. The number of hydrogen-bond acceptors (Lipinski definition) is 5. The summed E-state index contributed by atoms with van der Waals surface area (Å²) in [5, 5.41) is 2.48. The van der Waals surface area contributed by atoms with Gasteiger partial charge in [0.15, 0.2) is 0 Å². The number of imidazole rings is 1. The Morgan fingerprint density at radius 1 is 1.27 bits per heavy atom. The van der Waals surface area contributed by atoms with E-state index in [1.807, 2.05) is 24.3 Å². The lowest BCUT2D eigenvalue weighted by molar-refractivity contribution is -0.0526. The fourth-order valence-corrected chi connectivity index (χ4v) is 3.18. The maximum Gasteiger partial charge on any atom is 0.407 e. The third-order valence-electron chi connectivity index (χ3n) is 4.53. The van der Waals surface area contributed by atoms with Crippen LogP contribution in [0.2, 0.25) is 0 Å². The molecule has 7 nitrogen and oxygen atoms in total. The zero-order valence-electron chi connectivity index (χ0n) is 14.4. The maximum absolute atomic E-state index is 11.4. The van der Waals surface area contributed by atoms with Gasteiger partial charge in [-0.25, -0.2) is 9.78 Å². The summed E-state index contributed by atoms with van der Waals surface area (Å²) in [4.78, 5) is 23.5. The third-order valence-corrected chi connectivity index (χ3v) is 4.53. The second-order valence-corrected chi connectivity index (χ2v) is 6.25. The summed E-state index contributed by atoms with van der Waals surface area (Å²) in [5.74, 6) is 0.761. The maximum atomic E-state index is 11.4. The topological polar surface area (TPSA) is 89.1 Å². The normalized spacial score (nSPS) is 20.0. The molecule has 0 bridgehead atoms. The average Bonchev–Trinajstić information content (AvgIpc) is 3.12. The fourth-order valence-electron chi connectivity index (χ4n) is 3.18. The van der Waals surface area contributed by atoms with E-state index in [0.29, 0.717) is 19.4 Å². The van der Waals surface area contributed by atoms with Gasteiger partial charge >= 0.3 is 6.09 Å². The van der Waals surface area contributed by atoms with Crippen LogP contribution in [0.25, 0.3) is 22.2 Å². The first kappa shape index (κ1) is 16.5. The lowest BCUT2D eigenvalue weighted by Crippen LogP contribution is -2.32. The molecule has 1 saturated heterocycles. The van der Waals surface area contributed by atoms with Crippen LogP contribution in [0, 0.1) is 0 Å². The quantitative estimate of drug-likeness (QED) is 0.755. The Bertz CT molecular complexity index is 910. The minimum absolute atomic E-state index is 0.172. The number of fused-ring (bicyclic) bond motifs is 1. The van der Waals surface area contributed by atoms with Crippen LogP contribution in [0.3, 0.4) is 0 Å². The highest BCUT2D eigenvalue weighted by Gasteiger charge is 2.28. The van der Waals surface area contributed by atoms with Crippen molar-refractivity contribution in [3.05, 3.63) is 48.5 Å². The molecule has 1 aliphatic heterocycles. The SMILES string of the molecule is CNC(=O)OC1CCOC(c2nc3ccc(-c4ccncc4)cc3[nH]2)C1. The summed E-state index contributed by atoms with van der Waals surface area (Å²) in [6.45, 7) is 0.533. The molecule has 1 aliphatic rings. The van der Waals surface area contributed by atoms with Crippen LogP contribution in [0.4, 0.5) is 4.79 Å². The van der Waals surface area contributed by atoms with Gasteiger partial charge < -0.3 is 19.8 Å². The van der Waals surface area contributed by atoms with Gasteiger partial charge in [0, 0.05) is 32.3 Å². The van der Waals surface area contributed by atoms with Gasteiger partial charge in [0.1, 0.15) is 18.0 Å². The Labute approximate surface area is 150 Å². The summed E-state index contributed by atoms with van der Waals surface area (Å²) < 4.78 is 11.2. The molecule has 134 valence electrons. The number of aromatic amines is 1. The Morgan fingerprint density at radius 2 is 2.12 bits per heavy atom. The van der Waals surface area contributed by atoms with Crippen molar-refractivity contribution in [1.82, 2.24) is 20.3 Å². The summed E-state index contributed by atoms with van der Waals surface area (Å²) in [6, 6.07) is 10.1. The van der Waals surface area contributed by atoms with E-state index in [1.165, 1.54) is 0 Å². The minimum atomic E-state index is -0.415. The molecular weight excluding hydrogens is 332 g/mol. The average molecular weight is 352 g/mol. The second kappa shape index (κ2) is 7.13. The number of alkyl carbamates (subject to hydrolysis) is 1. The zero-order chi connectivity index (χ0) is 17.9. The summed E-state index contributed by atoms with van der Waals surface area (Å²) in [7, 11) is 1.55. The van der Waals surface area contributed by atoms with E-state index in [1.54, 1.807) is 19.4 Å². The van der Waals surface area contributed by atoms with Crippen LogP contribution in [0.1, 0.15) is 24.8 Å². The van der Waals surface area contributed by atoms with Crippen molar-refractivity contribution < 1.29 is 14.3 Å². The number of nitrogens with zero attached hydrogens (tertiary/aromatic N) is 2. The standard InChI is InChI=1S/C19H20N4O3/c1-20-19(24)26-14-6-9-25-17(11-14)18-22-15-3-2-13(10-16(15)23-18)12-4-7-21-8-5-12/h2-5,7-8,10,14,17H,6,9,11H2,1H3,(H,20,24)(H,22,23). The molecule has 0 saturated carbocycles. The zero-order valence-corrected chi connectivity index (χ0v) is 14.4. The van der Waals surface area contributed by atoms with E-state index in [2.05, 4.69) is 26.3 Å². The van der Waals surface area contributed by atoms with Crippen molar-refractivity contribution >= 4 is 17.1 Å². The summed E-state index contributed by atoms with van der Waals surface area (Å²) >= 11 is 0. The highest BCUT2D eigenvalue weighted by Crippen LogP contribution is 2.30. The fraction of sp³-hybridized carbons (Fsp3) is 0.316. The van der Waals surface area contributed by atoms with Gasteiger partial charge in [-0.05, 0) is 35.4 Å². The van der Waals surface area contributed by atoms with Crippen molar-refractivity contribution in [2.45, 2.75) is 25.0 Å². The van der Waals surface area contributed by atoms with Gasteiger partial charge in [0.2, 0.25) is 0 Å². The number of rotatable bonds is 3. The molecule has 4 rings (SSSR count). The van der Waals surface area contributed by atoms with E-state index in [0.717, 1.165) is 28.0 Å². The Kier molecular flexibility index (Phi) is 4.53. The number of nitrogens with one attached hydrogen (secondary N) is 2. The largest absolute Gasteiger partial charge is 0.446 e. The van der Waals surface area contributed by atoms with Crippen molar-refractivity contribution in [1.29, 1.82) is 0 Å². The van der Waals surface area contributed by atoms with Crippen molar-refractivity contribution in [3.8, 4) is 11.1 Å². The lowest BCUT2D eigenvalue weighted by atomic mass is 10.1. The number of amides is 1. The number of carbonyl (C=O) groups excluding carboxylic acids is 1. The van der Waals surface area contributed by atoms with Crippen molar-refractivity contribution in [2.75, 3.05) is 13.7 Å². The van der Waals surface area contributed by atoms with Gasteiger partial charge in [0.25, 0.3) is 0 Å². The minimum Gasteiger partial charge on any atom is -0.446 e. The molecule has 0 radical (unpaired) electrons. The molecule has 2 aromatic heterocycles. The lowest BCUT2D eigenvalue weighted by Gasteiger charge is -2.27. The van der Waals surface area contributed by atoms with Gasteiger partial charge in [-0.2, -0.15) is 0 Å². The van der Waals surface area contributed by atoms with Gasteiger partial charge in [0.05, 0.1) is 17.6 Å². The van der Waals surface area contributed by atoms with E-state index in [9.17, 15) is 4.79 Å². The Hall–Kier alpha value is -2.93. The highest BCUT2D eigenvalue weighted by molar-refractivity contribution is 5.82. The van der Waals surface area contributed by atoms with Crippen LogP contribution in [0.15, 0.2) is 42.7 Å². The Morgan fingerprint density at radius 3 is 2.92 bits per heavy atom. The smallest absolute Gasteiger partial charge is 0.407 e. The monoisotopic (exact) mass is 352 g/mol. The first-order valence-corrected chi connectivity index (χ1v) is 8.63. The molecule has 7 heteroatoms. The van der Waals surface area contributed by atoms with Crippen LogP contribution >= 0.6 is 0 Å². The molecule has 2 unspecified atom stereocenters. The molecule has 3 heterocycles. The van der Waals surface area contributed by atoms with Gasteiger partial charge in [-0.1, -0.05) is 6.07 Å². The number of H-pyrrole nitrogens is 1. The molecule has 0 aliphatic carbocycles. The van der Waals surface area contributed by atoms with E-state index in [-0.39, 0.29) is 12.2 Å². The van der Waals surface area contributed by atoms with E-state index < -0.39 is 6.09 Å². The molecule has 2 atom stereocenters. The van der Waals surface area contributed by atoms with E-state index in [4.69, 9.17) is 9.47 Å². The molecule has 2 N–H and O–H groups in total. The van der Waals surface area contributed by atoms with Crippen LogP contribution in [0.5, 0.6) is 0 Å². The van der Waals surface area contributed by atoms with Crippen molar-refractivity contribution in [3.63, 3.8) is 0 Å². The number of carbonyl (C=O) groups is 1. The molecule has 1 fully saturated rings. The molecule has 1 aromatic carbocycles. The number of aromatic nitrogens is 3. The van der Waals surface area contributed by atoms with Gasteiger partial charge in [-0.15, -0.1) is 0 Å². The molecule has 26 heavy (non-hydrogen) atoms. The number of pyridine rings is 1. The third kappa shape index (κ3) is 3.39. The van der Waals surface area contributed by atoms with Crippen LogP contribution < -0.4 is 5.32 Å². The van der Waals surface area contributed by atoms with Crippen molar-refractivity contribution in [2.24, 2.45) is 0 Å². The first-order chi connectivity index (χ1) is 12.7. The second-order valence-electron chi connectivity index (χ2n) is 6.25. The Balaban J connectivity index is 1.56. The molecule has 3 aromatic rings. The predicted molar refractivity (Wildman–Crippen MR) is 96.6 cm³/mol. The first-order valence-electron chi connectivity index (χ1n) is 8.63. The number of hydrogen-bond donors (Lipinski definition) is 2. The van der Waals surface area contributed by atoms with Crippen LogP contribution in [-0.2, 0) is 9.47 Å². The summed E-state index contributed by atoms with van der Waals surface area (Å²) in [5.41, 5.74) is 4.04. The van der Waals surface area contributed by atoms with E-state index >= 15 is 0 Å². The molecule has 0 spiro atoms. The summed E-state index contributed by atoms with van der Waals surface area (Å²) in [6.07, 6.45) is 4.04. The van der Waals surface area contributed by atoms with Crippen LogP contribution in [-0.4, -0.2) is 40.8 Å². The predicted octanol–water partition coefficient (Wildman–Crippen LogP) is 3.20. The number of benzene rings is 1. The molecule has 1 amide bonds. The van der Waals surface area contributed by atoms with Gasteiger partial charge in [-0.3, -0.25) is 4.98 Å². The number of ether oxygens (including phenoxy) is 2. The molecular formula is C19H20N4O3.